The summed E-state index contributed by atoms with van der Waals surface area (Å²) in [5.41, 5.74) is 2.09. The number of hydrogen-bond donors (Lipinski definition) is 2. The van der Waals surface area contributed by atoms with Crippen molar-refractivity contribution in [1.82, 2.24) is 20.8 Å². The average Bonchev–Trinajstić information content (AvgIpc) is 3.23. The Morgan fingerprint density at radius 3 is 2.89 bits per heavy atom. The minimum Gasteiger partial charge on any atom is -0.378 e. The molecule has 0 spiro atoms. The Balaban J connectivity index is 1.17. The van der Waals surface area contributed by atoms with Crippen molar-refractivity contribution < 1.29 is 13.9 Å². The van der Waals surface area contributed by atoms with E-state index in [1.165, 1.54) is 17.8 Å². The van der Waals surface area contributed by atoms with Crippen LogP contribution in [-0.4, -0.2) is 72.7 Å². The maximum Gasteiger partial charge on any atom is 0.233 e. The normalized spacial score (nSPS) is 23.3. The Morgan fingerprint density at radius 2 is 2.11 bits per heavy atom. The van der Waals surface area contributed by atoms with E-state index >= 15 is 0 Å². The number of aromatic nitrogens is 2. The van der Waals surface area contributed by atoms with E-state index in [4.69, 9.17) is 9.73 Å². The van der Waals surface area contributed by atoms with Crippen molar-refractivity contribution in [2.75, 3.05) is 43.1 Å². The van der Waals surface area contributed by atoms with Crippen LogP contribution in [0.1, 0.15) is 25.3 Å². The third-order valence-electron chi connectivity index (χ3n) is 6.72. The summed E-state index contributed by atoms with van der Waals surface area (Å²) in [4.78, 5) is 22.2. The molecule has 2 aromatic rings. The fourth-order valence-corrected chi connectivity index (χ4v) is 5.61. The third-order valence-corrected chi connectivity index (χ3v) is 7.63. The quantitative estimate of drug-likeness (QED) is 0.570. The first-order valence-corrected chi connectivity index (χ1v) is 13.4. The Morgan fingerprint density at radius 1 is 1.24 bits per heavy atom. The molecule has 0 bridgehead atoms. The molecule has 4 heterocycles. The number of nitrogens with one attached hydrogen (secondary N) is 2. The number of hydrogen-bond acceptors (Lipinski definition) is 8. The van der Waals surface area contributed by atoms with Gasteiger partial charge in [-0.25, -0.2) is 0 Å². The molecular formula is C26H32FN7O2S. The number of nitrogens with zero attached hydrogens (tertiary/aromatic N) is 5. The van der Waals surface area contributed by atoms with Crippen LogP contribution in [0.4, 0.5) is 15.9 Å². The van der Waals surface area contributed by atoms with Crippen molar-refractivity contribution in [2.24, 2.45) is 4.99 Å². The lowest BCUT2D eigenvalue weighted by Crippen LogP contribution is -2.51. The molecular weight excluding hydrogens is 493 g/mol. The SMILES string of the molecule is COC1CN(c2cccc(CC(=O)NC3=CCC(C)NC(=N[C@@H]4CCN(c5ccc(F)nn5)C4)S3)c2)C1. The van der Waals surface area contributed by atoms with Crippen molar-refractivity contribution in [3.8, 4) is 0 Å². The van der Waals surface area contributed by atoms with Gasteiger partial charge in [0.1, 0.15) is 0 Å². The van der Waals surface area contributed by atoms with Gasteiger partial charge in [0.25, 0.3) is 0 Å². The largest absolute Gasteiger partial charge is 0.378 e. The number of anilines is 2. The molecule has 2 saturated heterocycles. The van der Waals surface area contributed by atoms with Crippen LogP contribution in [0.15, 0.2) is 52.5 Å². The molecule has 2 N–H and O–H groups in total. The molecule has 196 valence electrons. The van der Waals surface area contributed by atoms with Gasteiger partial charge in [-0.3, -0.25) is 9.79 Å². The number of methoxy groups -OCH3 is 1. The molecule has 1 aromatic heterocycles. The van der Waals surface area contributed by atoms with Crippen LogP contribution in [0.3, 0.4) is 0 Å². The zero-order valence-corrected chi connectivity index (χ0v) is 21.9. The van der Waals surface area contributed by atoms with E-state index in [0.717, 1.165) is 53.9 Å². The van der Waals surface area contributed by atoms with E-state index in [0.29, 0.717) is 18.8 Å². The van der Waals surface area contributed by atoms with Crippen molar-refractivity contribution in [3.63, 3.8) is 0 Å². The minimum absolute atomic E-state index is 0.0508. The summed E-state index contributed by atoms with van der Waals surface area (Å²) in [6.45, 7) is 5.31. The fraction of sp³-hybridized carbons (Fsp3) is 0.462. The molecule has 1 amide bonds. The minimum atomic E-state index is -0.585. The second-order valence-corrected chi connectivity index (χ2v) is 10.7. The van der Waals surface area contributed by atoms with Crippen LogP contribution in [-0.2, 0) is 16.0 Å². The summed E-state index contributed by atoms with van der Waals surface area (Å²) in [6, 6.07) is 11.4. The maximum atomic E-state index is 13.1. The first-order chi connectivity index (χ1) is 17.9. The number of ether oxygens (including phenoxy) is 1. The van der Waals surface area contributed by atoms with Crippen LogP contribution >= 0.6 is 11.8 Å². The van der Waals surface area contributed by atoms with Gasteiger partial charge in [-0.2, -0.15) is 4.39 Å². The van der Waals surface area contributed by atoms with Crippen LogP contribution in [0.25, 0.3) is 0 Å². The smallest absolute Gasteiger partial charge is 0.233 e. The highest BCUT2D eigenvalue weighted by molar-refractivity contribution is 8.17. The number of carbonyl (C=O) groups excluding carboxylic acids is 1. The topological polar surface area (TPSA) is 95.0 Å². The number of amides is 1. The first-order valence-electron chi connectivity index (χ1n) is 12.6. The number of aliphatic imine (C=N–C) groups is 1. The van der Waals surface area contributed by atoms with Gasteiger partial charge in [0.2, 0.25) is 11.9 Å². The van der Waals surface area contributed by atoms with Gasteiger partial charge in [0.05, 0.1) is 23.6 Å². The van der Waals surface area contributed by atoms with Crippen molar-refractivity contribution >= 4 is 34.3 Å². The van der Waals surface area contributed by atoms with E-state index in [-0.39, 0.29) is 24.1 Å². The van der Waals surface area contributed by atoms with Gasteiger partial charge in [0, 0.05) is 45.0 Å². The zero-order chi connectivity index (χ0) is 25.8. The second kappa shape index (κ2) is 11.5. The van der Waals surface area contributed by atoms with Gasteiger partial charge in [0.15, 0.2) is 11.0 Å². The molecule has 0 radical (unpaired) electrons. The van der Waals surface area contributed by atoms with Crippen molar-refractivity contribution in [3.05, 3.63) is 59.0 Å². The Kier molecular flexibility index (Phi) is 7.90. The highest BCUT2D eigenvalue weighted by Gasteiger charge is 2.27. The van der Waals surface area contributed by atoms with Gasteiger partial charge >= 0.3 is 0 Å². The third kappa shape index (κ3) is 6.58. The summed E-state index contributed by atoms with van der Waals surface area (Å²) in [5.74, 6) is 0.0202. The maximum absolute atomic E-state index is 13.1. The molecule has 0 aliphatic carbocycles. The molecule has 0 saturated carbocycles. The lowest BCUT2D eigenvalue weighted by molar-refractivity contribution is -0.119. The van der Waals surface area contributed by atoms with E-state index < -0.39 is 5.95 Å². The highest BCUT2D eigenvalue weighted by Crippen LogP contribution is 2.25. The average molecular weight is 526 g/mol. The Bertz CT molecular complexity index is 1170. The zero-order valence-electron chi connectivity index (χ0n) is 21.1. The predicted octanol–water partition coefficient (Wildman–Crippen LogP) is 2.70. The summed E-state index contributed by atoms with van der Waals surface area (Å²) >= 11 is 1.45. The number of amidine groups is 1. The summed E-state index contributed by atoms with van der Waals surface area (Å²) < 4.78 is 18.5. The van der Waals surface area contributed by atoms with Gasteiger partial charge < -0.3 is 25.2 Å². The van der Waals surface area contributed by atoms with Crippen molar-refractivity contribution in [2.45, 2.75) is 44.4 Å². The summed E-state index contributed by atoms with van der Waals surface area (Å²) in [5, 5.41) is 15.6. The highest BCUT2D eigenvalue weighted by atomic mass is 32.2. The molecule has 37 heavy (non-hydrogen) atoms. The molecule has 3 aliphatic rings. The van der Waals surface area contributed by atoms with Gasteiger partial charge in [-0.1, -0.05) is 18.2 Å². The molecule has 3 aliphatic heterocycles. The van der Waals surface area contributed by atoms with Crippen LogP contribution in [0, 0.1) is 5.95 Å². The van der Waals surface area contributed by atoms with E-state index in [9.17, 15) is 9.18 Å². The molecule has 2 atom stereocenters. The fourth-order valence-electron chi connectivity index (χ4n) is 4.60. The second-order valence-electron chi connectivity index (χ2n) is 9.65. The van der Waals surface area contributed by atoms with E-state index in [1.54, 1.807) is 13.2 Å². The van der Waals surface area contributed by atoms with E-state index in [1.807, 2.05) is 12.1 Å². The van der Waals surface area contributed by atoms with Gasteiger partial charge in [-0.05, 0) is 61.4 Å². The molecule has 5 rings (SSSR count). The number of halogens is 1. The van der Waals surface area contributed by atoms with Crippen molar-refractivity contribution in [1.29, 1.82) is 0 Å². The number of benzene rings is 1. The lowest BCUT2D eigenvalue weighted by Gasteiger charge is -2.40. The number of rotatable bonds is 7. The standard InChI is InChI=1S/C26H32FN7O2S/c1-17-6-9-25(30-24(35)13-18-4-3-5-20(12-18)34-15-21(16-34)36-2)37-26(28-17)29-19-10-11-33(14-19)23-8-7-22(27)31-32-23/h3-5,7-9,12,17,19,21H,6,10-11,13-16H2,1-2H3,(H,28,29)(H,30,35)/t17?,19-/m1/s1. The predicted molar refractivity (Wildman–Crippen MR) is 144 cm³/mol. The van der Waals surface area contributed by atoms with Crippen LogP contribution in [0.2, 0.25) is 0 Å². The Hall–Kier alpha value is -3.18. The number of carbonyl (C=O) groups is 1. The molecule has 9 nitrogen and oxygen atoms in total. The van der Waals surface area contributed by atoms with Gasteiger partial charge in [-0.15, -0.1) is 10.2 Å². The van der Waals surface area contributed by atoms with Crippen LogP contribution < -0.4 is 20.4 Å². The molecule has 1 unspecified atom stereocenters. The molecule has 1 aromatic carbocycles. The lowest BCUT2D eigenvalue weighted by atomic mass is 10.1. The first kappa shape index (κ1) is 25.5. The number of thioether (sulfide) groups is 1. The van der Waals surface area contributed by atoms with Crippen LogP contribution in [0.5, 0.6) is 0 Å². The Labute approximate surface area is 220 Å². The summed E-state index contributed by atoms with van der Waals surface area (Å²) in [6.07, 6.45) is 4.29. The van der Waals surface area contributed by atoms with E-state index in [2.05, 4.69) is 55.8 Å². The summed E-state index contributed by atoms with van der Waals surface area (Å²) in [7, 11) is 1.74. The molecule has 11 heteroatoms. The molecule has 2 fully saturated rings. The monoisotopic (exact) mass is 525 g/mol.